The van der Waals surface area contributed by atoms with E-state index in [0.29, 0.717) is 41.9 Å². The fourth-order valence-electron chi connectivity index (χ4n) is 2.12. The largest absolute Gasteiger partial charge is 0.494 e. The second-order valence-corrected chi connectivity index (χ2v) is 6.80. The number of hydrogen-bond donors (Lipinski definition) is 1. The van der Waals surface area contributed by atoms with Crippen LogP contribution in [0.5, 0.6) is 5.75 Å². The molecule has 0 aliphatic carbocycles. The summed E-state index contributed by atoms with van der Waals surface area (Å²) in [5, 5.41) is 5.63. The Balaban J connectivity index is 1.69. The number of carbonyl (C=O) groups excluding carboxylic acids is 2. The van der Waals surface area contributed by atoms with Crippen LogP contribution >= 0.6 is 22.9 Å². The average molecular weight is 397 g/mol. The number of nitrogens with one attached hydrogen (secondary N) is 1. The van der Waals surface area contributed by atoms with Crippen molar-refractivity contribution < 1.29 is 19.1 Å². The molecule has 6 nitrogen and oxygen atoms in total. The lowest BCUT2D eigenvalue weighted by atomic mass is 10.2. The number of carbonyl (C=O) groups is 2. The number of rotatable bonds is 9. The van der Waals surface area contributed by atoms with Gasteiger partial charge in [0.1, 0.15) is 5.75 Å². The van der Waals surface area contributed by atoms with Gasteiger partial charge < -0.3 is 14.8 Å². The normalized spacial score (nSPS) is 10.4. The molecular formula is C18H21ClN2O4S. The first-order valence-electron chi connectivity index (χ1n) is 8.26. The Bertz CT molecular complexity index is 763. The molecule has 8 heteroatoms. The molecule has 2 rings (SSSR count). The summed E-state index contributed by atoms with van der Waals surface area (Å²) < 4.78 is 10.5. The number of nitrogens with zero attached hydrogens (tertiary/aromatic N) is 1. The predicted molar refractivity (Wildman–Crippen MR) is 102 cm³/mol. The molecular weight excluding hydrogens is 376 g/mol. The van der Waals surface area contributed by atoms with Crippen LogP contribution < -0.4 is 10.1 Å². The van der Waals surface area contributed by atoms with Gasteiger partial charge in [0.05, 0.1) is 25.3 Å². The number of halogens is 1. The topological polar surface area (TPSA) is 77.5 Å². The molecule has 140 valence electrons. The Hall–Kier alpha value is -2.12. The van der Waals surface area contributed by atoms with E-state index in [4.69, 9.17) is 21.1 Å². The summed E-state index contributed by atoms with van der Waals surface area (Å²) in [7, 11) is 0. The third kappa shape index (κ3) is 6.65. The maximum absolute atomic E-state index is 11.9. The van der Waals surface area contributed by atoms with Crippen molar-refractivity contribution in [1.29, 1.82) is 0 Å². The van der Waals surface area contributed by atoms with Crippen LogP contribution in [0.25, 0.3) is 0 Å². The van der Waals surface area contributed by atoms with Crippen LogP contribution in [-0.2, 0) is 20.7 Å². The van der Waals surface area contributed by atoms with Gasteiger partial charge in [-0.2, -0.15) is 0 Å². The fraction of sp³-hybridized carbons (Fsp3) is 0.389. The Labute approximate surface area is 161 Å². The van der Waals surface area contributed by atoms with Gasteiger partial charge in [-0.1, -0.05) is 11.6 Å². The highest BCUT2D eigenvalue weighted by molar-refractivity contribution is 7.13. The molecule has 0 saturated carbocycles. The zero-order valence-electron chi connectivity index (χ0n) is 14.7. The van der Waals surface area contributed by atoms with Crippen LogP contribution in [-0.4, -0.2) is 30.1 Å². The molecule has 2 aromatic rings. The van der Waals surface area contributed by atoms with Gasteiger partial charge in [0.2, 0.25) is 5.91 Å². The number of anilines is 1. The van der Waals surface area contributed by atoms with Gasteiger partial charge in [0, 0.05) is 16.8 Å². The minimum atomic E-state index is -0.328. The average Bonchev–Trinajstić information content (AvgIpc) is 3.01. The van der Waals surface area contributed by atoms with Gasteiger partial charge in [-0.3, -0.25) is 9.59 Å². The van der Waals surface area contributed by atoms with Crippen LogP contribution in [0.1, 0.15) is 31.0 Å². The van der Waals surface area contributed by atoms with Gasteiger partial charge in [-0.15, -0.1) is 11.3 Å². The van der Waals surface area contributed by atoms with Crippen LogP contribution in [0.4, 0.5) is 5.13 Å². The first kappa shape index (κ1) is 20.2. The highest BCUT2D eigenvalue weighted by Crippen LogP contribution is 2.21. The maximum atomic E-state index is 11.9. The quantitative estimate of drug-likeness (QED) is 0.512. The molecule has 0 atom stereocenters. The van der Waals surface area contributed by atoms with Gasteiger partial charge in [0.15, 0.2) is 5.13 Å². The number of hydrogen-bond acceptors (Lipinski definition) is 6. The number of amides is 1. The van der Waals surface area contributed by atoms with Crippen molar-refractivity contribution in [2.24, 2.45) is 0 Å². The molecule has 0 radical (unpaired) electrons. The summed E-state index contributed by atoms with van der Waals surface area (Å²) in [6.07, 6.45) is 1.00. The number of ether oxygens (including phenoxy) is 2. The number of thiazole rings is 1. The molecule has 0 aliphatic heterocycles. The third-order valence-electron chi connectivity index (χ3n) is 3.38. The van der Waals surface area contributed by atoms with E-state index in [9.17, 15) is 9.59 Å². The van der Waals surface area contributed by atoms with Crippen molar-refractivity contribution in [3.8, 4) is 5.75 Å². The van der Waals surface area contributed by atoms with E-state index in [1.807, 2.05) is 13.0 Å². The van der Waals surface area contributed by atoms with E-state index in [0.717, 1.165) is 11.3 Å². The van der Waals surface area contributed by atoms with Crippen molar-refractivity contribution in [2.45, 2.75) is 33.1 Å². The highest BCUT2D eigenvalue weighted by atomic mass is 35.5. The van der Waals surface area contributed by atoms with E-state index in [2.05, 4.69) is 10.3 Å². The summed E-state index contributed by atoms with van der Waals surface area (Å²) in [5.41, 5.74) is 1.54. The Morgan fingerprint density at radius 2 is 2.15 bits per heavy atom. The van der Waals surface area contributed by atoms with Crippen molar-refractivity contribution in [3.05, 3.63) is 39.9 Å². The SMILES string of the molecule is CCOC(=O)Cc1csc(NC(=O)CCCOc2ccc(Cl)c(C)c2)n1. The van der Waals surface area contributed by atoms with Crippen molar-refractivity contribution in [3.63, 3.8) is 0 Å². The first-order valence-corrected chi connectivity index (χ1v) is 9.52. The minimum Gasteiger partial charge on any atom is -0.494 e. The molecule has 0 aliphatic rings. The Morgan fingerprint density at radius 3 is 2.88 bits per heavy atom. The van der Waals surface area contributed by atoms with E-state index in [-0.39, 0.29) is 18.3 Å². The van der Waals surface area contributed by atoms with Gasteiger partial charge in [-0.05, 0) is 44.0 Å². The second kappa shape index (κ2) is 10.1. The molecule has 0 saturated heterocycles. The fourth-order valence-corrected chi connectivity index (χ4v) is 2.96. The number of aryl methyl sites for hydroxylation is 1. The van der Waals surface area contributed by atoms with Crippen LogP contribution in [0.15, 0.2) is 23.6 Å². The summed E-state index contributed by atoms with van der Waals surface area (Å²) in [6, 6.07) is 5.45. The third-order valence-corrected chi connectivity index (χ3v) is 4.61. The lowest BCUT2D eigenvalue weighted by Gasteiger charge is -2.07. The maximum Gasteiger partial charge on any atom is 0.311 e. The molecule has 0 spiro atoms. The van der Waals surface area contributed by atoms with Crippen molar-refractivity contribution in [2.75, 3.05) is 18.5 Å². The van der Waals surface area contributed by atoms with Crippen molar-refractivity contribution in [1.82, 2.24) is 4.98 Å². The minimum absolute atomic E-state index is 0.106. The smallest absolute Gasteiger partial charge is 0.311 e. The monoisotopic (exact) mass is 396 g/mol. The zero-order valence-corrected chi connectivity index (χ0v) is 16.3. The first-order chi connectivity index (χ1) is 12.5. The summed E-state index contributed by atoms with van der Waals surface area (Å²) in [6.45, 7) is 4.43. The van der Waals surface area contributed by atoms with Crippen LogP contribution in [0.2, 0.25) is 5.02 Å². The van der Waals surface area contributed by atoms with E-state index in [1.54, 1.807) is 24.4 Å². The summed E-state index contributed by atoms with van der Waals surface area (Å²) in [4.78, 5) is 27.6. The Morgan fingerprint density at radius 1 is 1.35 bits per heavy atom. The zero-order chi connectivity index (χ0) is 18.9. The molecule has 1 aromatic carbocycles. The second-order valence-electron chi connectivity index (χ2n) is 5.54. The van der Waals surface area contributed by atoms with E-state index >= 15 is 0 Å². The standard InChI is InChI=1S/C18H21ClN2O4S/c1-3-24-17(23)10-13-11-26-18(20-13)21-16(22)5-4-8-25-14-6-7-15(19)12(2)9-14/h6-7,9,11H,3-5,8,10H2,1-2H3,(H,20,21,22). The molecule has 1 amide bonds. The number of esters is 1. The summed E-state index contributed by atoms with van der Waals surface area (Å²) >= 11 is 7.25. The van der Waals surface area contributed by atoms with Crippen molar-refractivity contribution >= 4 is 39.9 Å². The lowest BCUT2D eigenvalue weighted by Crippen LogP contribution is -2.13. The highest BCUT2D eigenvalue weighted by Gasteiger charge is 2.10. The molecule has 26 heavy (non-hydrogen) atoms. The molecule has 1 aromatic heterocycles. The number of benzene rings is 1. The van der Waals surface area contributed by atoms with Gasteiger partial charge in [0.25, 0.3) is 0 Å². The summed E-state index contributed by atoms with van der Waals surface area (Å²) in [5.74, 6) is 0.263. The molecule has 1 N–H and O–H groups in total. The lowest BCUT2D eigenvalue weighted by molar-refractivity contribution is -0.142. The van der Waals surface area contributed by atoms with E-state index < -0.39 is 0 Å². The number of aromatic nitrogens is 1. The van der Waals surface area contributed by atoms with Gasteiger partial charge in [-0.25, -0.2) is 4.98 Å². The Kier molecular flexibility index (Phi) is 7.87. The molecule has 0 fully saturated rings. The van der Waals surface area contributed by atoms with E-state index in [1.165, 1.54) is 11.3 Å². The predicted octanol–water partition coefficient (Wildman–Crippen LogP) is 4.01. The van der Waals surface area contributed by atoms with Crippen LogP contribution in [0.3, 0.4) is 0 Å². The molecule has 1 heterocycles. The van der Waals surface area contributed by atoms with Gasteiger partial charge >= 0.3 is 5.97 Å². The van der Waals surface area contributed by atoms with Crippen LogP contribution in [0, 0.1) is 6.92 Å². The molecule has 0 bridgehead atoms. The molecule has 0 unspecified atom stereocenters.